The fourth-order valence-corrected chi connectivity index (χ4v) is 2.96. The van der Waals surface area contributed by atoms with Crippen LogP contribution in [0, 0.1) is 26.2 Å². The molecule has 2 aromatic carbocycles. The first kappa shape index (κ1) is 18.1. The molecule has 0 N–H and O–H groups in total. The van der Waals surface area contributed by atoms with Crippen molar-refractivity contribution in [1.82, 2.24) is 0 Å². The number of methoxy groups -OCH3 is 1. The molecule has 0 atom stereocenters. The molecule has 0 unspecified atom stereocenters. The molecule has 120 valence electrons. The molecular formula is C18H12ClIN2O2. The van der Waals surface area contributed by atoms with Crippen LogP contribution in [0.15, 0.2) is 42.0 Å². The lowest BCUT2D eigenvalue weighted by Gasteiger charge is -2.14. The number of halogens is 2. The van der Waals surface area contributed by atoms with Crippen LogP contribution < -0.4 is 9.47 Å². The van der Waals surface area contributed by atoms with Gasteiger partial charge in [-0.15, -0.1) is 0 Å². The van der Waals surface area contributed by atoms with Gasteiger partial charge in [-0.1, -0.05) is 29.8 Å². The highest BCUT2D eigenvalue weighted by molar-refractivity contribution is 14.1. The number of rotatable bonds is 5. The highest BCUT2D eigenvalue weighted by atomic mass is 127. The van der Waals surface area contributed by atoms with Gasteiger partial charge < -0.3 is 9.47 Å². The zero-order valence-electron chi connectivity index (χ0n) is 12.7. The first-order chi connectivity index (χ1) is 11.6. The third-order valence-electron chi connectivity index (χ3n) is 3.13. The Kier molecular flexibility index (Phi) is 6.48. The van der Waals surface area contributed by atoms with Crippen LogP contribution >= 0.6 is 34.2 Å². The van der Waals surface area contributed by atoms with Crippen molar-refractivity contribution in [1.29, 1.82) is 10.5 Å². The van der Waals surface area contributed by atoms with Gasteiger partial charge in [-0.05, 0) is 52.4 Å². The summed E-state index contributed by atoms with van der Waals surface area (Å²) in [5.41, 5.74) is 1.59. The molecular weight excluding hydrogens is 439 g/mol. The topological polar surface area (TPSA) is 66.0 Å². The largest absolute Gasteiger partial charge is 0.493 e. The Balaban J connectivity index is 2.31. The van der Waals surface area contributed by atoms with Crippen LogP contribution in [0.3, 0.4) is 0 Å². The summed E-state index contributed by atoms with van der Waals surface area (Å²) in [6.45, 7) is 0.308. The van der Waals surface area contributed by atoms with Crippen LogP contribution in [0.1, 0.15) is 11.1 Å². The van der Waals surface area contributed by atoms with E-state index in [1.54, 1.807) is 6.07 Å². The van der Waals surface area contributed by atoms with Crippen LogP contribution in [-0.2, 0) is 6.61 Å². The van der Waals surface area contributed by atoms with Crippen molar-refractivity contribution in [2.45, 2.75) is 6.61 Å². The smallest absolute Gasteiger partial charge is 0.174 e. The van der Waals surface area contributed by atoms with Crippen LogP contribution in [0.2, 0.25) is 5.02 Å². The summed E-state index contributed by atoms with van der Waals surface area (Å²) in [6, 6.07) is 14.7. The van der Waals surface area contributed by atoms with Crippen molar-refractivity contribution in [3.63, 3.8) is 0 Å². The van der Waals surface area contributed by atoms with E-state index in [2.05, 4.69) is 22.6 Å². The SMILES string of the molecule is COc1cc(C=C(C#N)C#N)cc(I)c1OCc1ccccc1Cl. The number of ether oxygens (including phenoxy) is 2. The van der Waals surface area contributed by atoms with E-state index < -0.39 is 0 Å². The molecule has 2 aromatic rings. The molecule has 0 aliphatic carbocycles. The monoisotopic (exact) mass is 450 g/mol. The Hall–Kier alpha value is -2.22. The second-order valence-corrected chi connectivity index (χ2v) is 6.27. The van der Waals surface area contributed by atoms with E-state index in [1.165, 1.54) is 13.2 Å². The van der Waals surface area contributed by atoms with Crippen molar-refractivity contribution >= 4 is 40.3 Å². The van der Waals surface area contributed by atoms with Crippen molar-refractivity contribution in [2.75, 3.05) is 7.11 Å². The van der Waals surface area contributed by atoms with Gasteiger partial charge in [0.2, 0.25) is 0 Å². The molecule has 0 aromatic heterocycles. The van der Waals surface area contributed by atoms with Crippen molar-refractivity contribution in [2.24, 2.45) is 0 Å². The quantitative estimate of drug-likeness (QED) is 0.477. The van der Waals surface area contributed by atoms with Gasteiger partial charge in [-0.3, -0.25) is 0 Å². The zero-order valence-corrected chi connectivity index (χ0v) is 15.6. The van der Waals surface area contributed by atoms with E-state index in [0.29, 0.717) is 28.7 Å². The number of hydrogen-bond acceptors (Lipinski definition) is 4. The van der Waals surface area contributed by atoms with E-state index in [4.69, 9.17) is 31.6 Å². The summed E-state index contributed by atoms with van der Waals surface area (Å²) < 4.78 is 12.1. The molecule has 6 heteroatoms. The zero-order chi connectivity index (χ0) is 17.5. The van der Waals surface area contributed by atoms with Gasteiger partial charge in [0.15, 0.2) is 11.5 Å². The molecule has 0 bridgehead atoms. The van der Waals surface area contributed by atoms with Crippen LogP contribution in [0.25, 0.3) is 6.08 Å². The summed E-state index contributed by atoms with van der Waals surface area (Å²) in [5, 5.41) is 18.4. The molecule has 0 saturated heterocycles. The number of hydrogen-bond donors (Lipinski definition) is 0. The van der Waals surface area contributed by atoms with Gasteiger partial charge in [-0.2, -0.15) is 10.5 Å². The number of allylic oxidation sites excluding steroid dienone is 1. The normalized spacial score (nSPS) is 9.54. The predicted octanol–water partition coefficient (Wildman–Crippen LogP) is 4.96. The fraction of sp³-hybridized carbons (Fsp3) is 0.111. The predicted molar refractivity (Wildman–Crippen MR) is 101 cm³/mol. The van der Waals surface area contributed by atoms with Gasteiger partial charge in [0.05, 0.1) is 10.7 Å². The van der Waals surface area contributed by atoms with Crippen molar-refractivity contribution in [3.8, 4) is 23.6 Å². The Morgan fingerprint density at radius 1 is 1.25 bits per heavy atom. The van der Waals surface area contributed by atoms with Crippen LogP contribution in [0.4, 0.5) is 0 Å². The van der Waals surface area contributed by atoms with Gasteiger partial charge in [0.1, 0.15) is 24.3 Å². The molecule has 0 fully saturated rings. The summed E-state index contributed by atoms with van der Waals surface area (Å²) in [6.07, 6.45) is 1.50. The van der Waals surface area contributed by atoms with Crippen molar-refractivity contribution in [3.05, 3.63) is 61.7 Å². The third kappa shape index (κ3) is 4.41. The summed E-state index contributed by atoms with van der Waals surface area (Å²) in [7, 11) is 1.54. The minimum Gasteiger partial charge on any atom is -0.493 e. The molecule has 0 saturated carbocycles. The fourth-order valence-electron chi connectivity index (χ4n) is 1.98. The molecule has 0 spiro atoms. The molecule has 4 nitrogen and oxygen atoms in total. The van der Waals surface area contributed by atoms with E-state index in [-0.39, 0.29) is 5.57 Å². The van der Waals surface area contributed by atoms with Gasteiger partial charge in [0.25, 0.3) is 0 Å². The molecule has 2 rings (SSSR count). The number of benzene rings is 2. The average Bonchev–Trinajstić information content (AvgIpc) is 2.59. The standard InChI is InChI=1S/C18H12ClIN2O2/c1-23-17-8-12(6-13(9-21)10-22)7-16(20)18(17)24-11-14-4-2-3-5-15(14)19/h2-8H,11H2,1H3. The van der Waals surface area contributed by atoms with Crippen LogP contribution in [-0.4, -0.2) is 7.11 Å². The molecule has 0 radical (unpaired) electrons. The first-order valence-corrected chi connectivity index (χ1v) is 8.30. The molecule has 24 heavy (non-hydrogen) atoms. The minimum atomic E-state index is 0.0255. The molecule has 0 aliphatic rings. The van der Waals surface area contributed by atoms with Gasteiger partial charge >= 0.3 is 0 Å². The molecule has 0 aliphatic heterocycles. The maximum absolute atomic E-state index is 8.86. The first-order valence-electron chi connectivity index (χ1n) is 6.84. The van der Waals surface area contributed by atoms with Gasteiger partial charge in [-0.25, -0.2) is 0 Å². The van der Waals surface area contributed by atoms with Crippen molar-refractivity contribution < 1.29 is 9.47 Å². The Bertz CT molecular complexity index is 850. The lowest BCUT2D eigenvalue weighted by molar-refractivity contribution is 0.282. The van der Waals surface area contributed by atoms with E-state index in [9.17, 15) is 0 Å². The third-order valence-corrected chi connectivity index (χ3v) is 4.30. The van der Waals surface area contributed by atoms with E-state index in [1.807, 2.05) is 42.5 Å². The highest BCUT2D eigenvalue weighted by Crippen LogP contribution is 2.35. The molecule has 0 heterocycles. The highest BCUT2D eigenvalue weighted by Gasteiger charge is 2.12. The average molecular weight is 451 g/mol. The maximum atomic E-state index is 8.86. The van der Waals surface area contributed by atoms with Crippen LogP contribution in [0.5, 0.6) is 11.5 Å². The molecule has 0 amide bonds. The Labute approximate surface area is 159 Å². The Morgan fingerprint density at radius 3 is 2.58 bits per heavy atom. The maximum Gasteiger partial charge on any atom is 0.174 e. The minimum absolute atomic E-state index is 0.0255. The van der Waals surface area contributed by atoms with E-state index in [0.717, 1.165) is 9.13 Å². The summed E-state index contributed by atoms with van der Waals surface area (Å²) in [5.74, 6) is 1.11. The second kappa shape index (κ2) is 8.58. The second-order valence-electron chi connectivity index (χ2n) is 4.70. The number of nitriles is 2. The lowest BCUT2D eigenvalue weighted by atomic mass is 10.1. The summed E-state index contributed by atoms with van der Waals surface area (Å²) in [4.78, 5) is 0. The summed E-state index contributed by atoms with van der Waals surface area (Å²) >= 11 is 8.26. The van der Waals surface area contributed by atoms with E-state index >= 15 is 0 Å². The Morgan fingerprint density at radius 2 is 1.96 bits per heavy atom. The number of nitrogens with zero attached hydrogens (tertiary/aromatic N) is 2. The lowest BCUT2D eigenvalue weighted by Crippen LogP contribution is -2.00. The van der Waals surface area contributed by atoms with Gasteiger partial charge in [0, 0.05) is 10.6 Å².